The van der Waals surface area contributed by atoms with Gasteiger partial charge in [-0.1, -0.05) is 12.1 Å². The summed E-state index contributed by atoms with van der Waals surface area (Å²) in [5.41, 5.74) is 0. The fraction of sp³-hybridized carbons (Fsp3) is 0.538. The maximum absolute atomic E-state index is 5.60. The Balaban J connectivity index is 1.68. The van der Waals surface area contributed by atoms with Crippen molar-refractivity contribution < 1.29 is 8.94 Å². The van der Waals surface area contributed by atoms with Gasteiger partial charge < -0.3 is 14.3 Å². The van der Waals surface area contributed by atoms with Crippen molar-refractivity contribution in [2.75, 3.05) is 26.2 Å². The van der Waals surface area contributed by atoms with Crippen molar-refractivity contribution in [2.45, 2.75) is 19.9 Å². The van der Waals surface area contributed by atoms with Gasteiger partial charge in [0, 0.05) is 32.6 Å². The van der Waals surface area contributed by atoms with E-state index in [0.29, 0.717) is 17.5 Å². The summed E-state index contributed by atoms with van der Waals surface area (Å²) in [6.07, 6.45) is 0.863. The third-order valence-corrected chi connectivity index (χ3v) is 3.26. The molecule has 3 rings (SSSR count). The van der Waals surface area contributed by atoms with Crippen LogP contribution in [0.1, 0.15) is 18.5 Å². The van der Waals surface area contributed by atoms with E-state index in [1.54, 1.807) is 0 Å². The van der Waals surface area contributed by atoms with Gasteiger partial charge in [-0.05, 0) is 12.1 Å². The molecule has 0 bridgehead atoms. The van der Waals surface area contributed by atoms with Crippen LogP contribution in [0.4, 0.5) is 0 Å². The van der Waals surface area contributed by atoms with Crippen LogP contribution < -0.4 is 5.32 Å². The lowest BCUT2D eigenvalue weighted by Gasteiger charge is -2.25. The van der Waals surface area contributed by atoms with Gasteiger partial charge >= 0.3 is 0 Å². The molecule has 2 aromatic rings. The van der Waals surface area contributed by atoms with Gasteiger partial charge in [-0.2, -0.15) is 4.98 Å². The zero-order chi connectivity index (χ0) is 13.1. The monoisotopic (exact) mass is 262 g/mol. The van der Waals surface area contributed by atoms with Gasteiger partial charge in [-0.25, -0.2) is 0 Å². The Morgan fingerprint density at radius 2 is 2.16 bits per heavy atom. The van der Waals surface area contributed by atoms with Crippen LogP contribution >= 0.6 is 0 Å². The van der Waals surface area contributed by atoms with E-state index in [1.807, 2.05) is 19.1 Å². The summed E-state index contributed by atoms with van der Waals surface area (Å²) < 4.78 is 10.9. The second-order valence-electron chi connectivity index (χ2n) is 4.66. The van der Waals surface area contributed by atoms with E-state index in [-0.39, 0.29) is 0 Å². The number of piperazine rings is 1. The van der Waals surface area contributed by atoms with Crippen molar-refractivity contribution in [3.05, 3.63) is 23.7 Å². The Hall–Kier alpha value is -1.66. The van der Waals surface area contributed by atoms with Crippen LogP contribution in [0, 0.1) is 0 Å². The molecule has 3 heterocycles. The number of nitrogens with one attached hydrogen (secondary N) is 1. The summed E-state index contributed by atoms with van der Waals surface area (Å²) in [4.78, 5) is 6.70. The number of hydrogen-bond acceptors (Lipinski definition) is 6. The maximum atomic E-state index is 5.60. The first-order valence-corrected chi connectivity index (χ1v) is 6.70. The van der Waals surface area contributed by atoms with Gasteiger partial charge in [-0.3, -0.25) is 4.90 Å². The Labute approximate surface area is 111 Å². The van der Waals surface area contributed by atoms with Gasteiger partial charge in [0.25, 0.3) is 5.89 Å². The fourth-order valence-electron chi connectivity index (χ4n) is 2.17. The van der Waals surface area contributed by atoms with Crippen molar-refractivity contribution in [3.63, 3.8) is 0 Å². The minimum absolute atomic E-state index is 0.463. The van der Waals surface area contributed by atoms with E-state index < -0.39 is 0 Å². The van der Waals surface area contributed by atoms with Crippen LogP contribution in [-0.4, -0.2) is 41.2 Å². The van der Waals surface area contributed by atoms with E-state index in [2.05, 4.69) is 20.4 Å². The van der Waals surface area contributed by atoms with Crippen LogP contribution in [0.2, 0.25) is 0 Å². The van der Waals surface area contributed by atoms with Crippen LogP contribution in [-0.2, 0) is 13.0 Å². The van der Waals surface area contributed by atoms with Gasteiger partial charge in [0.1, 0.15) is 5.76 Å². The minimum atomic E-state index is 0.463. The van der Waals surface area contributed by atoms with Gasteiger partial charge in [0.15, 0.2) is 11.6 Å². The Morgan fingerprint density at radius 1 is 1.32 bits per heavy atom. The lowest BCUT2D eigenvalue weighted by Crippen LogP contribution is -2.43. The average molecular weight is 262 g/mol. The minimum Gasteiger partial charge on any atom is -0.456 e. The molecule has 0 aliphatic carbocycles. The summed E-state index contributed by atoms with van der Waals surface area (Å²) in [7, 11) is 0. The molecular weight excluding hydrogens is 244 g/mol. The van der Waals surface area contributed by atoms with Crippen LogP contribution in [0.25, 0.3) is 11.7 Å². The van der Waals surface area contributed by atoms with Crippen LogP contribution in [0.5, 0.6) is 0 Å². The van der Waals surface area contributed by atoms with Gasteiger partial charge in [-0.15, -0.1) is 0 Å². The van der Waals surface area contributed by atoms with Crippen molar-refractivity contribution >= 4 is 0 Å². The van der Waals surface area contributed by atoms with Crippen LogP contribution in [0.15, 0.2) is 21.1 Å². The van der Waals surface area contributed by atoms with Crippen molar-refractivity contribution in [2.24, 2.45) is 0 Å². The summed E-state index contributed by atoms with van der Waals surface area (Å²) in [5, 5.41) is 7.33. The largest absolute Gasteiger partial charge is 0.456 e. The first kappa shape index (κ1) is 12.4. The second-order valence-corrected chi connectivity index (χ2v) is 4.66. The molecule has 1 N–H and O–H groups in total. The number of aryl methyl sites for hydroxylation is 1. The topological polar surface area (TPSA) is 67.3 Å². The van der Waals surface area contributed by atoms with Gasteiger partial charge in [0.05, 0.1) is 6.54 Å². The fourth-order valence-corrected chi connectivity index (χ4v) is 2.17. The number of aromatic nitrogens is 2. The van der Waals surface area contributed by atoms with Crippen molar-refractivity contribution in [1.29, 1.82) is 0 Å². The summed E-state index contributed by atoms with van der Waals surface area (Å²) >= 11 is 0. The smallest absolute Gasteiger partial charge is 0.293 e. The summed E-state index contributed by atoms with van der Waals surface area (Å²) in [5.74, 6) is 2.75. The van der Waals surface area contributed by atoms with Crippen molar-refractivity contribution in [1.82, 2.24) is 20.4 Å². The first-order chi connectivity index (χ1) is 9.35. The quantitative estimate of drug-likeness (QED) is 0.895. The summed E-state index contributed by atoms with van der Waals surface area (Å²) in [6, 6.07) is 3.82. The molecule has 0 spiro atoms. The SMILES string of the molecule is CCc1ccc(-c2nc(CN3CCNCC3)no2)o1. The molecule has 0 unspecified atom stereocenters. The molecule has 6 heteroatoms. The third kappa shape index (κ3) is 2.85. The molecule has 1 saturated heterocycles. The molecule has 19 heavy (non-hydrogen) atoms. The highest BCUT2D eigenvalue weighted by Crippen LogP contribution is 2.20. The highest BCUT2D eigenvalue weighted by molar-refractivity contribution is 5.44. The lowest BCUT2D eigenvalue weighted by atomic mass is 10.3. The number of rotatable bonds is 4. The number of nitrogens with zero attached hydrogens (tertiary/aromatic N) is 3. The Bertz CT molecular complexity index is 528. The van der Waals surface area contributed by atoms with E-state index in [4.69, 9.17) is 8.94 Å². The highest BCUT2D eigenvalue weighted by atomic mass is 16.5. The molecule has 6 nitrogen and oxygen atoms in total. The lowest BCUT2D eigenvalue weighted by molar-refractivity contribution is 0.225. The number of furan rings is 1. The molecule has 1 fully saturated rings. The second kappa shape index (κ2) is 5.54. The molecule has 2 aromatic heterocycles. The molecule has 0 radical (unpaired) electrons. The summed E-state index contributed by atoms with van der Waals surface area (Å²) in [6.45, 7) is 6.85. The first-order valence-electron chi connectivity index (χ1n) is 6.70. The highest BCUT2D eigenvalue weighted by Gasteiger charge is 2.16. The standard InChI is InChI=1S/C13H18N4O2/c1-2-10-3-4-11(18-10)13-15-12(16-19-13)9-17-7-5-14-6-8-17/h3-4,14H,2,5-9H2,1H3. The molecule has 0 amide bonds. The van der Waals surface area contributed by atoms with Crippen molar-refractivity contribution in [3.8, 4) is 11.7 Å². The zero-order valence-corrected chi connectivity index (χ0v) is 11.1. The molecular formula is C13H18N4O2. The van der Waals surface area contributed by atoms with Crippen LogP contribution in [0.3, 0.4) is 0 Å². The molecule has 102 valence electrons. The van der Waals surface area contributed by atoms with E-state index in [1.165, 1.54) is 0 Å². The maximum Gasteiger partial charge on any atom is 0.293 e. The molecule has 1 aliphatic heterocycles. The Kier molecular flexibility index (Phi) is 3.61. The third-order valence-electron chi connectivity index (χ3n) is 3.26. The predicted octanol–water partition coefficient (Wildman–Crippen LogP) is 1.30. The van der Waals surface area contributed by atoms with E-state index in [9.17, 15) is 0 Å². The predicted molar refractivity (Wildman–Crippen MR) is 69.5 cm³/mol. The van der Waals surface area contributed by atoms with Gasteiger partial charge in [0.2, 0.25) is 0 Å². The molecule has 0 atom stereocenters. The number of hydrogen-bond donors (Lipinski definition) is 1. The van der Waals surface area contributed by atoms with E-state index in [0.717, 1.165) is 44.9 Å². The normalized spacial score (nSPS) is 16.9. The zero-order valence-electron chi connectivity index (χ0n) is 11.1. The molecule has 0 saturated carbocycles. The molecule has 1 aliphatic rings. The average Bonchev–Trinajstić information content (AvgIpc) is 3.08. The molecule has 0 aromatic carbocycles. The van der Waals surface area contributed by atoms with E-state index >= 15 is 0 Å². The Morgan fingerprint density at radius 3 is 2.89 bits per heavy atom.